The SMILES string of the molecule is N=C(/C(=C1\NC(c2ccccc2)=Cc2ccccc21)c1ccccc1)c1ccc(-c2cc(-c3ccccc3)nc(-c3cccc(-c4cccc5c4sc4ccccc45)c3)n2)cc1. The summed E-state index contributed by atoms with van der Waals surface area (Å²) in [6.07, 6.45) is 2.19. The molecule has 0 saturated heterocycles. The van der Waals surface area contributed by atoms with E-state index in [-0.39, 0.29) is 0 Å². The minimum absolute atomic E-state index is 0.424. The van der Waals surface area contributed by atoms with Gasteiger partial charge in [0.25, 0.3) is 0 Å². The highest BCUT2D eigenvalue weighted by molar-refractivity contribution is 7.26. The maximum absolute atomic E-state index is 9.87. The van der Waals surface area contributed by atoms with Gasteiger partial charge in [-0.2, -0.15) is 0 Å². The molecular weight excluding hydrogens is 773 g/mol. The molecule has 0 spiro atoms. The summed E-state index contributed by atoms with van der Waals surface area (Å²) in [4.78, 5) is 10.4. The summed E-state index contributed by atoms with van der Waals surface area (Å²) in [5.41, 5.74) is 15.1. The first-order valence-corrected chi connectivity index (χ1v) is 21.5. The summed E-state index contributed by atoms with van der Waals surface area (Å²) in [5, 5.41) is 16.2. The van der Waals surface area contributed by atoms with Crippen LogP contribution in [0.2, 0.25) is 0 Å². The molecule has 3 heterocycles. The predicted molar refractivity (Wildman–Crippen MR) is 261 cm³/mol. The van der Waals surface area contributed by atoms with Gasteiger partial charge in [0.2, 0.25) is 0 Å². The van der Waals surface area contributed by atoms with Crippen LogP contribution >= 0.6 is 11.3 Å². The summed E-state index contributed by atoms with van der Waals surface area (Å²) in [6, 6.07) is 73.4. The van der Waals surface area contributed by atoms with Crippen LogP contribution in [0.1, 0.15) is 27.8 Å². The Kier molecular flexibility index (Phi) is 9.49. The molecule has 8 aromatic carbocycles. The minimum Gasteiger partial charge on any atom is -0.354 e. The van der Waals surface area contributed by atoms with Gasteiger partial charge >= 0.3 is 0 Å². The van der Waals surface area contributed by atoms with E-state index in [1.54, 1.807) is 0 Å². The molecule has 1 aliphatic heterocycles. The number of benzene rings is 8. The Bertz CT molecular complexity index is 3370. The molecule has 0 amide bonds. The zero-order valence-corrected chi connectivity index (χ0v) is 34.4. The van der Waals surface area contributed by atoms with Crippen LogP contribution in [0.4, 0.5) is 0 Å². The lowest BCUT2D eigenvalue weighted by Crippen LogP contribution is -2.20. The van der Waals surface area contributed by atoms with Gasteiger partial charge in [-0.1, -0.05) is 194 Å². The van der Waals surface area contributed by atoms with E-state index in [1.807, 2.05) is 65.9 Å². The number of nitrogens with zero attached hydrogens (tertiary/aromatic N) is 2. The summed E-state index contributed by atoms with van der Waals surface area (Å²) in [7, 11) is 0. The van der Waals surface area contributed by atoms with Crippen molar-refractivity contribution in [1.82, 2.24) is 15.3 Å². The van der Waals surface area contributed by atoms with E-state index in [9.17, 15) is 5.41 Å². The molecule has 1 aliphatic rings. The topological polar surface area (TPSA) is 61.7 Å². The van der Waals surface area contributed by atoms with Gasteiger partial charge in [-0.3, -0.25) is 5.41 Å². The number of nitrogens with one attached hydrogen (secondary N) is 2. The molecule has 0 radical (unpaired) electrons. The summed E-state index contributed by atoms with van der Waals surface area (Å²) < 4.78 is 2.56. The smallest absolute Gasteiger partial charge is 0.160 e. The second-order valence-electron chi connectivity index (χ2n) is 15.4. The van der Waals surface area contributed by atoms with Gasteiger partial charge in [-0.15, -0.1) is 11.3 Å². The molecule has 4 nitrogen and oxygen atoms in total. The van der Waals surface area contributed by atoms with Crippen molar-refractivity contribution >= 4 is 60.3 Å². The molecule has 11 rings (SSSR count). The van der Waals surface area contributed by atoms with Crippen LogP contribution in [0.3, 0.4) is 0 Å². The molecule has 2 aromatic heterocycles. The van der Waals surface area contributed by atoms with Gasteiger partial charge < -0.3 is 5.32 Å². The van der Waals surface area contributed by atoms with Crippen molar-refractivity contribution in [2.45, 2.75) is 0 Å². The zero-order chi connectivity index (χ0) is 41.4. The van der Waals surface area contributed by atoms with Crippen LogP contribution in [-0.4, -0.2) is 15.7 Å². The van der Waals surface area contributed by atoms with Crippen LogP contribution in [0.5, 0.6) is 0 Å². The fourth-order valence-electron chi connectivity index (χ4n) is 8.47. The first kappa shape index (κ1) is 37.0. The van der Waals surface area contributed by atoms with E-state index in [2.05, 4.69) is 169 Å². The van der Waals surface area contributed by atoms with Crippen LogP contribution in [0.25, 0.3) is 88.2 Å². The maximum atomic E-state index is 9.87. The summed E-state index contributed by atoms with van der Waals surface area (Å²) in [6.45, 7) is 0. The number of thiophene rings is 1. The quantitative estimate of drug-likeness (QED) is 0.150. The van der Waals surface area contributed by atoms with E-state index in [0.717, 1.165) is 78.4 Å². The molecule has 2 N–H and O–H groups in total. The largest absolute Gasteiger partial charge is 0.354 e. The molecule has 0 unspecified atom stereocenters. The molecular formula is C57H38N4S. The Hall–Kier alpha value is -7.99. The molecule has 292 valence electrons. The molecule has 0 saturated carbocycles. The van der Waals surface area contributed by atoms with E-state index in [4.69, 9.17) is 9.97 Å². The van der Waals surface area contributed by atoms with Gasteiger partial charge in [0, 0.05) is 59.3 Å². The third-order valence-electron chi connectivity index (χ3n) is 11.5. The highest BCUT2D eigenvalue weighted by Gasteiger charge is 2.24. The third kappa shape index (κ3) is 6.90. The van der Waals surface area contributed by atoms with E-state index in [0.29, 0.717) is 11.5 Å². The Morgan fingerprint density at radius 3 is 1.81 bits per heavy atom. The van der Waals surface area contributed by atoms with E-state index < -0.39 is 0 Å². The van der Waals surface area contributed by atoms with Crippen molar-refractivity contribution in [3.05, 3.63) is 240 Å². The zero-order valence-electron chi connectivity index (χ0n) is 33.6. The Balaban J connectivity index is 0.994. The number of allylic oxidation sites excluding steroid dienone is 1. The molecule has 10 aromatic rings. The fraction of sp³-hybridized carbons (Fsp3) is 0. The molecule has 0 fully saturated rings. The second kappa shape index (κ2) is 15.9. The third-order valence-corrected chi connectivity index (χ3v) is 12.8. The number of hydrogen-bond donors (Lipinski definition) is 2. The highest BCUT2D eigenvalue weighted by Crippen LogP contribution is 2.41. The lowest BCUT2D eigenvalue weighted by Gasteiger charge is -2.26. The molecule has 0 bridgehead atoms. The Morgan fingerprint density at radius 1 is 0.452 bits per heavy atom. The minimum atomic E-state index is 0.424. The standard InChI is InChI=1S/C57H38N4S/c58-54(53(40-20-8-3-9-21-40)55-45-25-11-10-22-43(45)35-49(59-55)37-16-4-1-5-17-37)41-32-30-39(31-33-41)51-36-50(38-18-6-2-7-19-38)60-57(61-51)44-24-14-23-42(34-44)46-27-15-28-48-47-26-12-13-29-52(47)62-56(46)48/h1-36,58-59H/b55-53-,58-54?. The highest BCUT2D eigenvalue weighted by atomic mass is 32.1. The van der Waals surface area contributed by atoms with Gasteiger partial charge in [0.05, 0.1) is 22.8 Å². The first-order chi connectivity index (χ1) is 30.6. The molecule has 5 heteroatoms. The number of aromatic nitrogens is 2. The van der Waals surface area contributed by atoms with Gasteiger partial charge in [0.15, 0.2) is 5.82 Å². The van der Waals surface area contributed by atoms with E-state index >= 15 is 0 Å². The van der Waals surface area contributed by atoms with Crippen molar-refractivity contribution in [3.63, 3.8) is 0 Å². The monoisotopic (exact) mass is 810 g/mol. The average molecular weight is 811 g/mol. The average Bonchev–Trinajstić information content (AvgIpc) is 3.74. The first-order valence-electron chi connectivity index (χ1n) is 20.7. The van der Waals surface area contributed by atoms with Crippen LogP contribution in [-0.2, 0) is 0 Å². The lowest BCUT2D eigenvalue weighted by molar-refractivity contribution is 1.18. The van der Waals surface area contributed by atoms with Crippen LogP contribution in [0, 0.1) is 5.41 Å². The Morgan fingerprint density at radius 2 is 1.03 bits per heavy atom. The molecule has 0 atom stereocenters. The van der Waals surface area contributed by atoms with Gasteiger partial charge in [0.1, 0.15) is 0 Å². The lowest BCUT2D eigenvalue weighted by atomic mass is 9.88. The maximum Gasteiger partial charge on any atom is 0.160 e. The fourth-order valence-corrected chi connectivity index (χ4v) is 9.70. The van der Waals surface area contributed by atoms with E-state index in [1.165, 1.54) is 25.7 Å². The number of rotatable bonds is 8. The predicted octanol–water partition coefficient (Wildman–Crippen LogP) is 14.6. The van der Waals surface area contributed by atoms with Crippen molar-refractivity contribution in [2.24, 2.45) is 0 Å². The Labute approximate surface area is 364 Å². The normalized spacial score (nSPS) is 13.0. The van der Waals surface area contributed by atoms with Gasteiger partial charge in [-0.25, -0.2) is 9.97 Å². The molecule has 62 heavy (non-hydrogen) atoms. The summed E-state index contributed by atoms with van der Waals surface area (Å²) >= 11 is 1.84. The second-order valence-corrected chi connectivity index (χ2v) is 16.4. The van der Waals surface area contributed by atoms with Crippen molar-refractivity contribution in [1.29, 1.82) is 5.41 Å². The van der Waals surface area contributed by atoms with Crippen LogP contribution < -0.4 is 5.32 Å². The van der Waals surface area contributed by atoms with Gasteiger partial charge in [-0.05, 0) is 52.1 Å². The van der Waals surface area contributed by atoms with Crippen molar-refractivity contribution in [3.8, 4) is 45.0 Å². The van der Waals surface area contributed by atoms with Crippen molar-refractivity contribution in [2.75, 3.05) is 0 Å². The number of hydrogen-bond acceptors (Lipinski definition) is 5. The molecule has 0 aliphatic carbocycles. The van der Waals surface area contributed by atoms with Crippen molar-refractivity contribution < 1.29 is 0 Å². The number of fused-ring (bicyclic) bond motifs is 4. The van der Waals surface area contributed by atoms with Crippen LogP contribution in [0.15, 0.2) is 212 Å². The summed E-state index contributed by atoms with van der Waals surface area (Å²) in [5.74, 6) is 0.656.